The molecular formula is C23H18BrCl2N3OS. The Labute approximate surface area is 202 Å². The number of rotatable bonds is 5. The molecule has 0 saturated carbocycles. The Morgan fingerprint density at radius 3 is 2.55 bits per heavy atom. The predicted octanol–water partition coefficient (Wildman–Crippen LogP) is 7.47. The number of benzene rings is 2. The minimum absolute atomic E-state index is 0.156. The van der Waals surface area contributed by atoms with Crippen LogP contribution in [-0.2, 0) is 0 Å². The fourth-order valence-corrected chi connectivity index (χ4v) is 5.36. The second-order valence-corrected chi connectivity index (χ2v) is 9.74. The number of nitrogens with zero attached hydrogens (tertiary/aromatic N) is 2. The molecule has 0 aliphatic rings. The van der Waals surface area contributed by atoms with Crippen molar-refractivity contribution in [2.75, 3.05) is 0 Å². The van der Waals surface area contributed by atoms with Crippen LogP contribution in [0, 0.1) is 6.92 Å². The van der Waals surface area contributed by atoms with Crippen molar-refractivity contribution in [1.29, 1.82) is 0 Å². The molecule has 4 nitrogen and oxygen atoms in total. The first-order chi connectivity index (χ1) is 14.8. The molecule has 0 bridgehead atoms. The SMILES string of the molecule is Cc1c(C(=O)N[C@H](C)c2ccccc2)nn(-c2ccc(Cl)cc2Cl)c1-c1cc(Br)cs1. The van der Waals surface area contributed by atoms with Crippen LogP contribution in [-0.4, -0.2) is 15.7 Å². The second kappa shape index (κ2) is 9.17. The van der Waals surface area contributed by atoms with E-state index in [1.165, 1.54) is 0 Å². The smallest absolute Gasteiger partial charge is 0.272 e. The highest BCUT2D eigenvalue weighted by molar-refractivity contribution is 9.10. The molecule has 0 aliphatic heterocycles. The first-order valence-electron chi connectivity index (χ1n) is 9.50. The van der Waals surface area contributed by atoms with E-state index in [1.54, 1.807) is 34.2 Å². The van der Waals surface area contributed by atoms with Crippen molar-refractivity contribution in [2.24, 2.45) is 0 Å². The lowest BCUT2D eigenvalue weighted by atomic mass is 10.1. The summed E-state index contributed by atoms with van der Waals surface area (Å²) in [5.74, 6) is -0.241. The van der Waals surface area contributed by atoms with Gasteiger partial charge in [0.25, 0.3) is 5.91 Å². The largest absolute Gasteiger partial charge is 0.344 e. The molecule has 1 N–H and O–H groups in total. The molecule has 31 heavy (non-hydrogen) atoms. The number of hydrogen-bond donors (Lipinski definition) is 1. The normalized spacial score (nSPS) is 12.0. The third-order valence-electron chi connectivity index (χ3n) is 4.92. The van der Waals surface area contributed by atoms with Crippen LogP contribution in [0.3, 0.4) is 0 Å². The minimum atomic E-state index is -0.241. The maximum absolute atomic E-state index is 13.2. The van der Waals surface area contributed by atoms with Crippen molar-refractivity contribution in [3.05, 3.63) is 91.3 Å². The zero-order chi connectivity index (χ0) is 22.1. The molecule has 2 aromatic carbocycles. The quantitative estimate of drug-likeness (QED) is 0.288. The van der Waals surface area contributed by atoms with E-state index < -0.39 is 0 Å². The molecule has 1 amide bonds. The van der Waals surface area contributed by atoms with Crippen molar-refractivity contribution in [2.45, 2.75) is 19.9 Å². The van der Waals surface area contributed by atoms with E-state index >= 15 is 0 Å². The zero-order valence-corrected chi connectivity index (χ0v) is 20.6. The fourth-order valence-electron chi connectivity index (χ4n) is 3.36. The molecule has 0 spiro atoms. The van der Waals surface area contributed by atoms with E-state index in [9.17, 15) is 4.79 Å². The molecule has 4 aromatic rings. The van der Waals surface area contributed by atoms with Crippen molar-refractivity contribution in [1.82, 2.24) is 15.1 Å². The van der Waals surface area contributed by atoms with Crippen molar-refractivity contribution in [3.8, 4) is 16.3 Å². The molecule has 8 heteroatoms. The van der Waals surface area contributed by atoms with E-state index in [1.807, 2.05) is 55.6 Å². The van der Waals surface area contributed by atoms with Gasteiger partial charge in [0.2, 0.25) is 0 Å². The third kappa shape index (κ3) is 4.58. The first-order valence-corrected chi connectivity index (χ1v) is 11.9. The van der Waals surface area contributed by atoms with Crippen LogP contribution in [0.5, 0.6) is 0 Å². The Balaban J connectivity index is 1.79. The number of aromatic nitrogens is 2. The molecule has 2 heterocycles. The summed E-state index contributed by atoms with van der Waals surface area (Å²) in [4.78, 5) is 14.1. The highest BCUT2D eigenvalue weighted by Gasteiger charge is 2.25. The Kier molecular flexibility index (Phi) is 6.53. The van der Waals surface area contributed by atoms with Gasteiger partial charge in [0.1, 0.15) is 0 Å². The van der Waals surface area contributed by atoms with Gasteiger partial charge >= 0.3 is 0 Å². The van der Waals surface area contributed by atoms with Gasteiger partial charge < -0.3 is 5.32 Å². The van der Waals surface area contributed by atoms with Crippen molar-refractivity contribution in [3.63, 3.8) is 0 Å². The summed E-state index contributed by atoms with van der Waals surface area (Å²) in [5, 5.41) is 10.7. The van der Waals surface area contributed by atoms with E-state index in [0.29, 0.717) is 21.4 Å². The van der Waals surface area contributed by atoms with E-state index in [-0.39, 0.29) is 11.9 Å². The Hall–Kier alpha value is -2.12. The lowest BCUT2D eigenvalue weighted by Gasteiger charge is -2.13. The number of halogens is 3. The topological polar surface area (TPSA) is 46.9 Å². The molecule has 0 unspecified atom stereocenters. The fraction of sp³-hybridized carbons (Fsp3) is 0.130. The Bertz CT molecular complexity index is 1250. The monoisotopic (exact) mass is 533 g/mol. The lowest BCUT2D eigenvalue weighted by Crippen LogP contribution is -2.27. The average Bonchev–Trinajstić information content (AvgIpc) is 3.31. The first kappa shape index (κ1) is 22.1. The van der Waals surface area contributed by atoms with Crippen LogP contribution < -0.4 is 5.32 Å². The number of nitrogens with one attached hydrogen (secondary N) is 1. The van der Waals surface area contributed by atoms with Gasteiger partial charge in [0.15, 0.2) is 5.69 Å². The number of thiophene rings is 1. The van der Waals surface area contributed by atoms with Crippen LogP contribution in [0.2, 0.25) is 10.0 Å². The van der Waals surface area contributed by atoms with Crippen LogP contribution in [0.1, 0.15) is 34.6 Å². The van der Waals surface area contributed by atoms with Crippen molar-refractivity contribution >= 4 is 56.4 Å². The maximum atomic E-state index is 13.2. The zero-order valence-electron chi connectivity index (χ0n) is 16.7. The van der Waals surface area contributed by atoms with Gasteiger partial charge in [-0.1, -0.05) is 53.5 Å². The molecule has 0 saturated heterocycles. The van der Waals surface area contributed by atoms with Crippen LogP contribution >= 0.6 is 50.5 Å². The van der Waals surface area contributed by atoms with Gasteiger partial charge in [-0.05, 0) is 59.6 Å². The lowest BCUT2D eigenvalue weighted by molar-refractivity contribution is 0.0934. The van der Waals surface area contributed by atoms with Crippen LogP contribution in [0.25, 0.3) is 16.3 Å². The molecule has 1 atom stereocenters. The second-order valence-electron chi connectivity index (χ2n) is 7.06. The van der Waals surface area contributed by atoms with Gasteiger partial charge in [-0.25, -0.2) is 4.68 Å². The van der Waals surface area contributed by atoms with Gasteiger partial charge in [-0.2, -0.15) is 5.10 Å². The number of amides is 1. The summed E-state index contributed by atoms with van der Waals surface area (Å²) in [6.45, 7) is 3.85. The predicted molar refractivity (Wildman–Crippen MR) is 132 cm³/mol. The number of carbonyl (C=O) groups excluding carboxylic acids is 1. The Morgan fingerprint density at radius 1 is 1.16 bits per heavy atom. The van der Waals surface area contributed by atoms with Crippen LogP contribution in [0.4, 0.5) is 0 Å². The van der Waals surface area contributed by atoms with Gasteiger partial charge in [0, 0.05) is 20.4 Å². The summed E-state index contributed by atoms with van der Waals surface area (Å²) in [7, 11) is 0. The van der Waals surface area contributed by atoms with E-state index in [2.05, 4.69) is 26.3 Å². The molecule has 0 radical (unpaired) electrons. The summed E-state index contributed by atoms with van der Waals surface area (Å²) in [5.41, 5.74) is 3.63. The Morgan fingerprint density at radius 2 is 1.90 bits per heavy atom. The average molecular weight is 535 g/mol. The number of carbonyl (C=O) groups is 1. The van der Waals surface area contributed by atoms with Gasteiger partial charge in [-0.15, -0.1) is 11.3 Å². The van der Waals surface area contributed by atoms with Crippen LogP contribution in [0.15, 0.2) is 64.5 Å². The third-order valence-corrected chi connectivity index (χ3v) is 7.16. The van der Waals surface area contributed by atoms with Crippen molar-refractivity contribution < 1.29 is 4.79 Å². The maximum Gasteiger partial charge on any atom is 0.272 e. The van der Waals surface area contributed by atoms with Gasteiger partial charge in [0.05, 0.1) is 27.3 Å². The molecule has 0 aliphatic carbocycles. The minimum Gasteiger partial charge on any atom is -0.344 e. The highest BCUT2D eigenvalue weighted by Crippen LogP contribution is 2.37. The van der Waals surface area contributed by atoms with E-state index in [4.69, 9.17) is 23.2 Å². The standard InChI is InChI=1S/C23H18BrCl2N3OS/c1-13-21(23(30)27-14(2)15-6-4-3-5-7-15)28-29(19-9-8-17(25)11-18(19)26)22(13)20-10-16(24)12-31-20/h3-12,14H,1-2H3,(H,27,30)/t14-/m1/s1. The summed E-state index contributed by atoms with van der Waals surface area (Å²) in [6, 6.07) is 16.9. The molecule has 0 fully saturated rings. The summed E-state index contributed by atoms with van der Waals surface area (Å²) >= 11 is 17.6. The number of hydrogen-bond acceptors (Lipinski definition) is 3. The molecule has 2 aromatic heterocycles. The van der Waals surface area contributed by atoms with Gasteiger partial charge in [-0.3, -0.25) is 4.79 Å². The summed E-state index contributed by atoms with van der Waals surface area (Å²) < 4.78 is 2.68. The molecule has 4 rings (SSSR count). The summed E-state index contributed by atoms with van der Waals surface area (Å²) in [6.07, 6.45) is 0. The molecular weight excluding hydrogens is 517 g/mol. The highest BCUT2D eigenvalue weighted by atomic mass is 79.9. The van der Waals surface area contributed by atoms with E-state index in [0.717, 1.165) is 26.2 Å². The molecule has 158 valence electrons.